The van der Waals surface area contributed by atoms with E-state index in [-0.39, 0.29) is 11.3 Å². The SMILES string of the molecule is O=C1C(=O)N(CCCN2CCOCC2)[C@@H](c2cccc(Br)c2)C1=C(O)c1ccccc1. The zero-order chi connectivity index (χ0) is 21.8. The van der Waals surface area contributed by atoms with Crippen LogP contribution in [0.1, 0.15) is 23.6 Å². The van der Waals surface area contributed by atoms with Crippen LogP contribution < -0.4 is 0 Å². The molecule has 0 aromatic heterocycles. The molecule has 0 spiro atoms. The summed E-state index contributed by atoms with van der Waals surface area (Å²) in [5.74, 6) is -1.35. The number of halogens is 1. The fraction of sp³-hybridized carbons (Fsp3) is 0.333. The average molecular weight is 485 g/mol. The Bertz CT molecular complexity index is 986. The molecule has 2 fully saturated rings. The highest BCUT2D eigenvalue weighted by Crippen LogP contribution is 2.40. The molecule has 1 amide bonds. The van der Waals surface area contributed by atoms with Crippen molar-refractivity contribution in [3.8, 4) is 0 Å². The van der Waals surface area contributed by atoms with Gasteiger partial charge in [-0.2, -0.15) is 0 Å². The second-order valence-electron chi connectivity index (χ2n) is 7.72. The second-order valence-corrected chi connectivity index (χ2v) is 8.64. The highest BCUT2D eigenvalue weighted by molar-refractivity contribution is 9.10. The maximum atomic E-state index is 13.0. The van der Waals surface area contributed by atoms with E-state index < -0.39 is 17.7 Å². The van der Waals surface area contributed by atoms with Crippen molar-refractivity contribution in [2.24, 2.45) is 0 Å². The molecule has 2 aromatic rings. The van der Waals surface area contributed by atoms with E-state index >= 15 is 0 Å². The molecular weight excluding hydrogens is 460 g/mol. The first-order valence-corrected chi connectivity index (χ1v) is 11.2. The van der Waals surface area contributed by atoms with Crippen LogP contribution in [-0.4, -0.2) is 66.0 Å². The molecule has 0 aliphatic carbocycles. The van der Waals surface area contributed by atoms with E-state index in [1.807, 2.05) is 30.3 Å². The molecule has 2 aliphatic rings. The molecule has 7 heteroatoms. The Morgan fingerprint density at radius 3 is 2.48 bits per heavy atom. The number of carbonyl (C=O) groups excluding carboxylic acids is 2. The van der Waals surface area contributed by atoms with E-state index in [1.54, 1.807) is 29.2 Å². The predicted octanol–water partition coefficient (Wildman–Crippen LogP) is 3.59. The molecule has 162 valence electrons. The fourth-order valence-corrected chi connectivity index (χ4v) is 4.59. The summed E-state index contributed by atoms with van der Waals surface area (Å²) in [7, 11) is 0. The van der Waals surface area contributed by atoms with Crippen LogP contribution in [-0.2, 0) is 14.3 Å². The molecule has 0 radical (unpaired) electrons. The first-order valence-electron chi connectivity index (χ1n) is 10.5. The van der Waals surface area contributed by atoms with Crippen molar-refractivity contribution in [1.29, 1.82) is 0 Å². The molecule has 0 unspecified atom stereocenters. The minimum absolute atomic E-state index is 0.139. The summed E-state index contributed by atoms with van der Waals surface area (Å²) in [6.07, 6.45) is 0.739. The number of ether oxygens (including phenoxy) is 1. The van der Waals surface area contributed by atoms with Gasteiger partial charge in [-0.15, -0.1) is 0 Å². The number of hydrogen-bond acceptors (Lipinski definition) is 5. The Hall–Kier alpha value is -2.48. The Morgan fingerprint density at radius 1 is 1.03 bits per heavy atom. The van der Waals surface area contributed by atoms with E-state index in [0.717, 1.165) is 49.3 Å². The number of rotatable bonds is 6. The van der Waals surface area contributed by atoms with Gasteiger partial charge in [0.2, 0.25) is 0 Å². The summed E-state index contributed by atoms with van der Waals surface area (Å²) in [6.45, 7) is 4.46. The third kappa shape index (κ3) is 4.74. The van der Waals surface area contributed by atoms with E-state index in [4.69, 9.17) is 4.74 Å². The van der Waals surface area contributed by atoms with Gasteiger partial charge in [-0.25, -0.2) is 0 Å². The minimum Gasteiger partial charge on any atom is -0.507 e. The van der Waals surface area contributed by atoms with Gasteiger partial charge in [0.15, 0.2) is 0 Å². The van der Waals surface area contributed by atoms with Crippen LogP contribution in [0.2, 0.25) is 0 Å². The average Bonchev–Trinajstić information content (AvgIpc) is 3.05. The van der Waals surface area contributed by atoms with Crippen molar-refractivity contribution in [3.05, 3.63) is 75.8 Å². The molecule has 2 saturated heterocycles. The number of Topliss-reactive ketones (excluding diaryl/α,β-unsaturated/α-hetero) is 1. The smallest absolute Gasteiger partial charge is 0.295 e. The van der Waals surface area contributed by atoms with Gasteiger partial charge >= 0.3 is 0 Å². The number of ketones is 1. The van der Waals surface area contributed by atoms with Gasteiger partial charge in [-0.3, -0.25) is 14.5 Å². The standard InChI is InChI=1S/C24H25BrN2O4/c25-19-9-4-8-18(16-19)21-20(22(28)17-6-2-1-3-7-17)23(29)24(30)27(21)11-5-10-26-12-14-31-15-13-26/h1-4,6-9,16,21,28H,5,10-15H2/t21-/m0/s1. The molecule has 6 nitrogen and oxygen atoms in total. The lowest BCUT2D eigenvalue weighted by Crippen LogP contribution is -2.38. The van der Waals surface area contributed by atoms with E-state index in [9.17, 15) is 14.7 Å². The predicted molar refractivity (Wildman–Crippen MR) is 121 cm³/mol. The molecule has 2 heterocycles. The summed E-state index contributed by atoms with van der Waals surface area (Å²) < 4.78 is 6.24. The maximum Gasteiger partial charge on any atom is 0.295 e. The van der Waals surface area contributed by atoms with Gasteiger partial charge in [0.25, 0.3) is 11.7 Å². The highest BCUT2D eigenvalue weighted by atomic mass is 79.9. The van der Waals surface area contributed by atoms with E-state index in [1.165, 1.54) is 0 Å². The Balaban J connectivity index is 1.66. The summed E-state index contributed by atoms with van der Waals surface area (Å²) in [6, 6.07) is 15.8. The van der Waals surface area contributed by atoms with Crippen LogP contribution in [0.25, 0.3) is 5.76 Å². The van der Waals surface area contributed by atoms with Crippen LogP contribution in [0.4, 0.5) is 0 Å². The maximum absolute atomic E-state index is 13.0. The second kappa shape index (κ2) is 9.77. The summed E-state index contributed by atoms with van der Waals surface area (Å²) >= 11 is 3.48. The molecule has 4 rings (SSSR count). The van der Waals surface area contributed by atoms with Crippen molar-refractivity contribution in [3.63, 3.8) is 0 Å². The number of likely N-dealkylation sites (tertiary alicyclic amines) is 1. The van der Waals surface area contributed by atoms with Gasteiger partial charge in [0, 0.05) is 36.2 Å². The number of hydrogen-bond donors (Lipinski definition) is 1. The van der Waals surface area contributed by atoms with Crippen LogP contribution in [0.15, 0.2) is 64.6 Å². The van der Waals surface area contributed by atoms with Crippen molar-refractivity contribution in [2.75, 3.05) is 39.4 Å². The topological polar surface area (TPSA) is 70.1 Å². The fourth-order valence-electron chi connectivity index (χ4n) is 4.17. The molecular formula is C24H25BrN2O4. The Kier molecular flexibility index (Phi) is 6.85. The van der Waals surface area contributed by atoms with Gasteiger partial charge in [-0.1, -0.05) is 58.4 Å². The monoisotopic (exact) mass is 484 g/mol. The third-order valence-corrected chi connectivity index (χ3v) is 6.22. The molecule has 0 bridgehead atoms. The van der Waals surface area contributed by atoms with Gasteiger partial charge in [0.1, 0.15) is 5.76 Å². The first kappa shape index (κ1) is 21.7. The van der Waals surface area contributed by atoms with Crippen molar-refractivity contribution in [2.45, 2.75) is 12.5 Å². The molecule has 2 aliphatic heterocycles. The molecule has 1 N–H and O–H groups in total. The van der Waals surface area contributed by atoms with Crippen LogP contribution >= 0.6 is 15.9 Å². The zero-order valence-corrected chi connectivity index (χ0v) is 18.8. The van der Waals surface area contributed by atoms with Crippen LogP contribution in [0.5, 0.6) is 0 Å². The minimum atomic E-state index is -0.641. The van der Waals surface area contributed by atoms with E-state index in [0.29, 0.717) is 12.1 Å². The largest absolute Gasteiger partial charge is 0.507 e. The first-order chi connectivity index (χ1) is 15.1. The number of aliphatic hydroxyl groups excluding tert-OH is 1. The van der Waals surface area contributed by atoms with E-state index in [2.05, 4.69) is 20.8 Å². The lowest BCUT2D eigenvalue weighted by atomic mass is 9.95. The van der Waals surface area contributed by atoms with Crippen LogP contribution in [0.3, 0.4) is 0 Å². The number of aliphatic hydroxyl groups is 1. The number of nitrogens with zero attached hydrogens (tertiary/aromatic N) is 2. The van der Waals surface area contributed by atoms with Gasteiger partial charge in [0.05, 0.1) is 24.8 Å². The summed E-state index contributed by atoms with van der Waals surface area (Å²) in [4.78, 5) is 29.9. The van der Waals surface area contributed by atoms with Crippen molar-refractivity contribution in [1.82, 2.24) is 9.80 Å². The van der Waals surface area contributed by atoms with Gasteiger partial charge in [-0.05, 0) is 24.1 Å². The molecule has 1 atom stereocenters. The van der Waals surface area contributed by atoms with Crippen LogP contribution in [0, 0.1) is 0 Å². The Morgan fingerprint density at radius 2 is 1.77 bits per heavy atom. The summed E-state index contributed by atoms with van der Waals surface area (Å²) in [5.41, 5.74) is 1.45. The number of amides is 1. The zero-order valence-electron chi connectivity index (χ0n) is 17.2. The van der Waals surface area contributed by atoms with Gasteiger partial charge < -0.3 is 14.7 Å². The third-order valence-electron chi connectivity index (χ3n) is 5.73. The lowest BCUT2D eigenvalue weighted by Gasteiger charge is -2.29. The summed E-state index contributed by atoms with van der Waals surface area (Å²) in [5, 5.41) is 11.0. The lowest BCUT2D eigenvalue weighted by molar-refractivity contribution is -0.140. The highest BCUT2D eigenvalue weighted by Gasteiger charge is 2.45. The molecule has 31 heavy (non-hydrogen) atoms. The van der Waals surface area contributed by atoms with Crippen molar-refractivity contribution >= 4 is 33.4 Å². The molecule has 0 saturated carbocycles. The molecule has 2 aromatic carbocycles. The quantitative estimate of drug-likeness (QED) is 0.385. The normalized spacial score (nSPS) is 21.6. The Labute approximate surface area is 190 Å². The number of morpholine rings is 1. The number of carbonyl (C=O) groups is 2. The number of benzene rings is 2. The van der Waals surface area contributed by atoms with Crippen molar-refractivity contribution < 1.29 is 19.4 Å².